The quantitative estimate of drug-likeness (QED) is 0.210. The molecule has 8 rings (SSSR count). The van der Waals surface area contributed by atoms with Crippen LogP contribution in [0.3, 0.4) is 0 Å². The largest absolute Gasteiger partial charge is 0.310 e. The summed E-state index contributed by atoms with van der Waals surface area (Å²) in [5.41, 5.74) is 11.2. The van der Waals surface area contributed by atoms with Crippen molar-refractivity contribution >= 4 is 38.9 Å². The molecule has 5 aromatic carbocycles. The molecule has 5 nitrogen and oxygen atoms in total. The van der Waals surface area contributed by atoms with Crippen molar-refractivity contribution in [2.75, 3.05) is 4.90 Å². The molecule has 0 spiro atoms. The smallest absolute Gasteiger partial charge is 0.0998 e. The van der Waals surface area contributed by atoms with Gasteiger partial charge in [-0.25, -0.2) is 0 Å². The standard InChI is InChI=1S/C40H27N5/c1-40(2)34-10-4-7-13-38(34)45(39-14-8-5-11-35(39)40)30-21-27(31-16-15-26(23-41)19-28(31)24-42)20-29(22-30)44-36-12-6-3-9-32(36)33-25-43-18-17-37(33)44/h3-22,25H,1-2H3. The van der Waals surface area contributed by atoms with E-state index in [2.05, 4.69) is 137 Å². The molecular weight excluding hydrogens is 550 g/mol. The number of hydrogen-bond acceptors (Lipinski definition) is 4. The lowest BCUT2D eigenvalue weighted by Gasteiger charge is -2.42. The first kappa shape index (κ1) is 26.5. The number of nitriles is 2. The maximum Gasteiger partial charge on any atom is 0.0998 e. The minimum atomic E-state index is -0.189. The van der Waals surface area contributed by atoms with Crippen molar-refractivity contribution in [2.24, 2.45) is 0 Å². The Morgan fingerprint density at radius 1 is 0.644 bits per heavy atom. The lowest BCUT2D eigenvalue weighted by molar-refractivity contribution is 0.632. The number of hydrogen-bond donors (Lipinski definition) is 0. The first-order valence-corrected chi connectivity index (χ1v) is 14.9. The number of rotatable bonds is 3. The van der Waals surface area contributed by atoms with Gasteiger partial charge in [-0.05, 0) is 76.9 Å². The minimum absolute atomic E-state index is 0.189. The Balaban J connectivity index is 1.48. The lowest BCUT2D eigenvalue weighted by atomic mass is 9.73. The van der Waals surface area contributed by atoms with Crippen LogP contribution in [0.5, 0.6) is 0 Å². The van der Waals surface area contributed by atoms with Crippen molar-refractivity contribution < 1.29 is 0 Å². The number of pyridine rings is 1. The van der Waals surface area contributed by atoms with E-state index in [1.54, 1.807) is 12.1 Å². The topological polar surface area (TPSA) is 68.6 Å². The molecule has 0 N–H and O–H groups in total. The van der Waals surface area contributed by atoms with Crippen LogP contribution in [-0.2, 0) is 5.41 Å². The molecule has 1 aliphatic heterocycles. The van der Waals surface area contributed by atoms with Crippen LogP contribution in [0, 0.1) is 22.7 Å². The van der Waals surface area contributed by atoms with Crippen LogP contribution >= 0.6 is 0 Å². The average molecular weight is 578 g/mol. The average Bonchev–Trinajstić information content (AvgIpc) is 3.42. The molecule has 45 heavy (non-hydrogen) atoms. The molecule has 0 fully saturated rings. The van der Waals surface area contributed by atoms with Crippen molar-refractivity contribution in [3.63, 3.8) is 0 Å². The Hall–Kier alpha value is -6.17. The van der Waals surface area contributed by atoms with Crippen molar-refractivity contribution in [1.29, 1.82) is 10.5 Å². The summed E-state index contributed by atoms with van der Waals surface area (Å²) in [4.78, 5) is 6.79. The van der Waals surface area contributed by atoms with Crippen LogP contribution in [0.25, 0.3) is 38.6 Å². The highest BCUT2D eigenvalue weighted by molar-refractivity contribution is 6.09. The molecule has 5 heteroatoms. The van der Waals surface area contributed by atoms with Crippen LogP contribution < -0.4 is 4.90 Å². The summed E-state index contributed by atoms with van der Waals surface area (Å²) in [6.07, 6.45) is 3.75. The molecule has 0 saturated heterocycles. The Morgan fingerprint density at radius 3 is 2.04 bits per heavy atom. The van der Waals surface area contributed by atoms with Crippen molar-refractivity contribution in [1.82, 2.24) is 9.55 Å². The summed E-state index contributed by atoms with van der Waals surface area (Å²) in [5, 5.41) is 21.9. The van der Waals surface area contributed by atoms with Gasteiger partial charge in [0.25, 0.3) is 0 Å². The molecule has 0 radical (unpaired) electrons. The van der Waals surface area contributed by atoms with Gasteiger partial charge in [0.05, 0.1) is 45.7 Å². The Kier molecular flexibility index (Phi) is 5.85. The van der Waals surface area contributed by atoms with Gasteiger partial charge < -0.3 is 9.47 Å². The van der Waals surface area contributed by atoms with Gasteiger partial charge in [-0.3, -0.25) is 4.98 Å². The molecule has 7 aromatic rings. The molecule has 0 bridgehead atoms. The summed E-state index contributed by atoms with van der Waals surface area (Å²) in [7, 11) is 0. The molecule has 0 amide bonds. The van der Waals surface area contributed by atoms with Crippen LogP contribution in [-0.4, -0.2) is 9.55 Å². The third-order valence-corrected chi connectivity index (χ3v) is 9.11. The number of benzene rings is 5. The van der Waals surface area contributed by atoms with Crippen LogP contribution in [0.15, 0.2) is 128 Å². The molecule has 212 valence electrons. The van der Waals surface area contributed by atoms with E-state index in [9.17, 15) is 10.5 Å². The van der Waals surface area contributed by atoms with Crippen LogP contribution in [0.2, 0.25) is 0 Å². The van der Waals surface area contributed by atoms with E-state index in [0.29, 0.717) is 11.1 Å². The molecule has 3 heterocycles. The maximum absolute atomic E-state index is 10.2. The van der Waals surface area contributed by atoms with E-state index in [-0.39, 0.29) is 5.41 Å². The Labute approximate surface area is 261 Å². The van der Waals surface area contributed by atoms with E-state index in [1.165, 1.54) is 11.1 Å². The fourth-order valence-corrected chi connectivity index (χ4v) is 7.01. The normalized spacial score (nSPS) is 13.2. The van der Waals surface area contributed by atoms with Gasteiger partial charge in [-0.15, -0.1) is 0 Å². The SMILES string of the molecule is CC1(C)c2ccccc2N(c2cc(-c3ccc(C#N)cc3C#N)cc(-n3c4ccccc4c4cnccc43)c2)c2ccccc21. The van der Waals surface area contributed by atoms with Gasteiger partial charge in [-0.1, -0.05) is 74.5 Å². The summed E-state index contributed by atoms with van der Waals surface area (Å²) in [5.74, 6) is 0. The molecule has 2 aromatic heterocycles. The van der Waals surface area contributed by atoms with Gasteiger partial charge in [0.2, 0.25) is 0 Å². The van der Waals surface area contributed by atoms with Crippen molar-refractivity contribution in [3.05, 3.63) is 150 Å². The highest BCUT2D eigenvalue weighted by Crippen LogP contribution is 2.52. The van der Waals surface area contributed by atoms with E-state index in [1.807, 2.05) is 18.5 Å². The third kappa shape index (κ3) is 3.95. The highest BCUT2D eigenvalue weighted by atomic mass is 15.2. The number of nitrogens with zero attached hydrogens (tertiary/aromatic N) is 5. The van der Waals surface area contributed by atoms with Crippen molar-refractivity contribution in [3.8, 4) is 29.0 Å². The zero-order valence-corrected chi connectivity index (χ0v) is 24.9. The maximum atomic E-state index is 10.2. The van der Waals surface area contributed by atoms with Gasteiger partial charge >= 0.3 is 0 Å². The van der Waals surface area contributed by atoms with E-state index in [4.69, 9.17) is 0 Å². The zero-order chi connectivity index (χ0) is 30.7. The van der Waals surface area contributed by atoms with Gasteiger partial charge in [0, 0.05) is 40.0 Å². The number of anilines is 3. The second-order valence-electron chi connectivity index (χ2n) is 12.0. The predicted octanol–water partition coefficient (Wildman–Crippen LogP) is 9.70. The number of fused-ring (bicyclic) bond motifs is 5. The number of aromatic nitrogens is 2. The minimum Gasteiger partial charge on any atom is -0.310 e. The summed E-state index contributed by atoms with van der Waals surface area (Å²) in [6.45, 7) is 4.57. The van der Waals surface area contributed by atoms with Crippen LogP contribution in [0.4, 0.5) is 17.1 Å². The summed E-state index contributed by atoms with van der Waals surface area (Å²) < 4.78 is 2.28. The lowest BCUT2D eigenvalue weighted by Crippen LogP contribution is -2.30. The van der Waals surface area contributed by atoms with Gasteiger partial charge in [0.15, 0.2) is 0 Å². The Bertz CT molecular complexity index is 2300. The third-order valence-electron chi connectivity index (χ3n) is 9.11. The molecular formula is C40H27N5. The fourth-order valence-electron chi connectivity index (χ4n) is 7.01. The second-order valence-corrected chi connectivity index (χ2v) is 12.0. The van der Waals surface area contributed by atoms with E-state index >= 15 is 0 Å². The molecule has 0 atom stereocenters. The van der Waals surface area contributed by atoms with E-state index < -0.39 is 0 Å². The second kappa shape index (κ2) is 9.95. The molecule has 0 unspecified atom stereocenters. The van der Waals surface area contributed by atoms with Gasteiger partial charge in [-0.2, -0.15) is 10.5 Å². The Morgan fingerprint density at radius 2 is 1.31 bits per heavy atom. The van der Waals surface area contributed by atoms with Gasteiger partial charge in [0.1, 0.15) is 0 Å². The van der Waals surface area contributed by atoms with Crippen molar-refractivity contribution in [2.45, 2.75) is 19.3 Å². The first-order valence-electron chi connectivity index (χ1n) is 14.9. The number of para-hydroxylation sites is 3. The van der Waals surface area contributed by atoms with E-state index in [0.717, 1.165) is 55.7 Å². The predicted molar refractivity (Wildman–Crippen MR) is 180 cm³/mol. The first-order chi connectivity index (χ1) is 22.0. The van der Waals surface area contributed by atoms with Crippen LogP contribution in [0.1, 0.15) is 36.1 Å². The highest BCUT2D eigenvalue weighted by Gasteiger charge is 2.36. The molecule has 1 aliphatic rings. The molecule has 0 saturated carbocycles. The molecule has 0 aliphatic carbocycles. The zero-order valence-electron chi connectivity index (χ0n) is 24.9. The monoisotopic (exact) mass is 577 g/mol. The summed E-state index contributed by atoms with van der Waals surface area (Å²) in [6, 6.07) is 44.0. The summed E-state index contributed by atoms with van der Waals surface area (Å²) >= 11 is 0. The fraction of sp³-hybridized carbons (Fsp3) is 0.0750.